The van der Waals surface area contributed by atoms with Crippen molar-refractivity contribution < 1.29 is 4.79 Å². The molecular weight excluding hydrogens is 433 g/mol. The summed E-state index contributed by atoms with van der Waals surface area (Å²) in [6.45, 7) is 4.35. The van der Waals surface area contributed by atoms with E-state index in [0.717, 1.165) is 70.4 Å². The molecule has 0 spiro atoms. The maximum absolute atomic E-state index is 13.0. The van der Waals surface area contributed by atoms with Crippen LogP contribution in [0, 0.1) is 11.8 Å². The molecule has 0 atom stereocenters. The lowest BCUT2D eigenvalue weighted by atomic mass is 9.88. The predicted molar refractivity (Wildman–Crippen MR) is 124 cm³/mol. The van der Waals surface area contributed by atoms with Crippen LogP contribution >= 0.6 is 23.2 Å². The maximum atomic E-state index is 13.0. The summed E-state index contributed by atoms with van der Waals surface area (Å²) in [6, 6.07) is 5.76. The van der Waals surface area contributed by atoms with Gasteiger partial charge in [0.1, 0.15) is 0 Å². The third kappa shape index (κ3) is 6.09. The Bertz CT molecular complexity index is 871. The van der Waals surface area contributed by atoms with E-state index < -0.39 is 0 Å². The molecule has 2 N–H and O–H groups in total. The third-order valence-corrected chi connectivity index (χ3v) is 6.88. The first kappa shape index (κ1) is 22.3. The van der Waals surface area contributed by atoms with Gasteiger partial charge < -0.3 is 10.6 Å². The van der Waals surface area contributed by atoms with Crippen molar-refractivity contribution >= 4 is 35.1 Å². The van der Waals surface area contributed by atoms with Crippen molar-refractivity contribution in [2.24, 2.45) is 11.8 Å². The molecule has 0 aliphatic carbocycles. The first-order chi connectivity index (χ1) is 15.0. The van der Waals surface area contributed by atoms with E-state index in [4.69, 9.17) is 28.9 Å². The molecule has 1 amide bonds. The Labute approximate surface area is 193 Å². The molecule has 2 saturated heterocycles. The van der Waals surface area contributed by atoms with Crippen LogP contribution in [0.3, 0.4) is 0 Å². The predicted octanol–water partition coefficient (Wildman–Crippen LogP) is 4.06. The molecule has 2 aliphatic rings. The normalized spacial score (nSPS) is 19.0. The number of halogens is 2. The summed E-state index contributed by atoms with van der Waals surface area (Å²) < 4.78 is 0. The summed E-state index contributed by atoms with van der Waals surface area (Å²) in [5.74, 6) is 1.35. The lowest BCUT2D eigenvalue weighted by Crippen LogP contribution is -2.45. The molecule has 0 unspecified atom stereocenters. The monoisotopic (exact) mass is 461 g/mol. The average Bonchev–Trinajstić information content (AvgIpc) is 2.75. The first-order valence-corrected chi connectivity index (χ1v) is 11.7. The maximum Gasteiger partial charge on any atom is 0.225 e. The topological polar surface area (TPSA) is 75.3 Å². The highest BCUT2D eigenvalue weighted by molar-refractivity contribution is 6.34. The second-order valence-corrected chi connectivity index (χ2v) is 9.62. The van der Waals surface area contributed by atoms with Gasteiger partial charge in [-0.2, -0.15) is 0 Å². The molecule has 6 nitrogen and oxygen atoms in total. The van der Waals surface area contributed by atoms with Crippen molar-refractivity contribution in [2.75, 3.05) is 31.9 Å². The van der Waals surface area contributed by atoms with Gasteiger partial charge in [0.25, 0.3) is 0 Å². The number of hydrogen-bond acceptors (Lipinski definition) is 5. The molecule has 3 heterocycles. The fourth-order valence-corrected chi connectivity index (χ4v) is 5.29. The van der Waals surface area contributed by atoms with E-state index in [1.165, 1.54) is 5.56 Å². The smallest absolute Gasteiger partial charge is 0.225 e. The van der Waals surface area contributed by atoms with Gasteiger partial charge >= 0.3 is 0 Å². The Kier molecular flexibility index (Phi) is 7.31. The molecule has 31 heavy (non-hydrogen) atoms. The van der Waals surface area contributed by atoms with Gasteiger partial charge in [0, 0.05) is 53.6 Å². The van der Waals surface area contributed by atoms with E-state index in [1.807, 2.05) is 12.1 Å². The number of carbonyl (C=O) groups is 1. The molecule has 1 aromatic carbocycles. The minimum Gasteiger partial charge on any atom is -0.368 e. The minimum atomic E-state index is 0.141. The number of nitrogens with zero attached hydrogens (tertiary/aromatic N) is 4. The fraction of sp³-hybridized carbons (Fsp3) is 0.522. The molecule has 0 radical (unpaired) electrons. The summed E-state index contributed by atoms with van der Waals surface area (Å²) in [5.41, 5.74) is 7.79. The fourth-order valence-electron chi connectivity index (χ4n) is 4.72. The molecule has 2 aromatic rings. The van der Waals surface area contributed by atoms with Gasteiger partial charge in [0.2, 0.25) is 11.9 Å². The molecule has 2 fully saturated rings. The molecule has 2 aliphatic heterocycles. The number of hydrogen-bond donors (Lipinski definition) is 1. The van der Waals surface area contributed by atoms with Crippen LogP contribution in [-0.4, -0.2) is 51.9 Å². The number of piperidine rings is 2. The van der Waals surface area contributed by atoms with Crippen molar-refractivity contribution in [1.29, 1.82) is 0 Å². The lowest BCUT2D eigenvalue weighted by molar-refractivity contribution is -0.138. The van der Waals surface area contributed by atoms with Gasteiger partial charge in [-0.05, 0) is 74.9 Å². The van der Waals surface area contributed by atoms with Crippen LogP contribution in [0.1, 0.15) is 36.8 Å². The van der Waals surface area contributed by atoms with Crippen molar-refractivity contribution in [3.63, 3.8) is 0 Å². The van der Waals surface area contributed by atoms with Crippen molar-refractivity contribution in [1.82, 2.24) is 19.8 Å². The summed E-state index contributed by atoms with van der Waals surface area (Å²) in [5, 5.41) is 1.37. The number of benzene rings is 1. The van der Waals surface area contributed by atoms with Crippen molar-refractivity contribution in [2.45, 2.75) is 38.6 Å². The second-order valence-electron chi connectivity index (χ2n) is 8.75. The average molecular weight is 462 g/mol. The van der Waals surface area contributed by atoms with E-state index in [1.54, 1.807) is 18.5 Å². The van der Waals surface area contributed by atoms with Gasteiger partial charge in [0.15, 0.2) is 0 Å². The number of nitrogen functional groups attached to an aromatic ring is 1. The number of nitrogens with two attached hydrogens (primary N) is 1. The number of anilines is 1. The van der Waals surface area contributed by atoms with Crippen molar-refractivity contribution in [3.8, 4) is 0 Å². The number of rotatable bonds is 5. The standard InChI is InChI=1S/C23H29Cl2N5O/c24-20-10-17(11-21(25)12-20)9-16-1-7-30(8-2-16)22(31)19-3-5-29(6-4-19)15-18-13-27-23(26)28-14-18/h10-14,16,19H,1-9,15H2,(H2,26,27,28). The number of likely N-dealkylation sites (tertiary alicyclic amines) is 2. The van der Waals surface area contributed by atoms with E-state index in [2.05, 4.69) is 19.8 Å². The Hall–Kier alpha value is -1.89. The zero-order chi connectivity index (χ0) is 21.8. The van der Waals surface area contributed by atoms with Crippen LogP contribution in [0.25, 0.3) is 0 Å². The Morgan fingerprint density at radius 1 is 0.935 bits per heavy atom. The van der Waals surface area contributed by atoms with Gasteiger partial charge in [-0.15, -0.1) is 0 Å². The van der Waals surface area contributed by atoms with Gasteiger partial charge in [-0.25, -0.2) is 9.97 Å². The Morgan fingerprint density at radius 2 is 1.55 bits per heavy atom. The molecule has 4 rings (SSSR count). The summed E-state index contributed by atoms with van der Waals surface area (Å²) in [6.07, 6.45) is 8.42. The minimum absolute atomic E-state index is 0.141. The highest BCUT2D eigenvalue weighted by Crippen LogP contribution is 2.28. The highest BCUT2D eigenvalue weighted by atomic mass is 35.5. The zero-order valence-corrected chi connectivity index (χ0v) is 19.2. The summed E-state index contributed by atoms with van der Waals surface area (Å²) in [7, 11) is 0. The van der Waals surface area contributed by atoms with E-state index in [9.17, 15) is 4.79 Å². The number of carbonyl (C=O) groups excluding carboxylic acids is 1. The van der Waals surface area contributed by atoms with Crippen LogP contribution < -0.4 is 5.73 Å². The highest BCUT2D eigenvalue weighted by Gasteiger charge is 2.31. The molecule has 1 aromatic heterocycles. The summed E-state index contributed by atoms with van der Waals surface area (Å²) in [4.78, 5) is 25.6. The van der Waals surface area contributed by atoms with E-state index in [-0.39, 0.29) is 5.92 Å². The van der Waals surface area contributed by atoms with E-state index in [0.29, 0.717) is 27.8 Å². The van der Waals surface area contributed by atoms with Crippen LogP contribution in [0.2, 0.25) is 10.0 Å². The van der Waals surface area contributed by atoms with Crippen LogP contribution in [0.15, 0.2) is 30.6 Å². The third-order valence-electron chi connectivity index (χ3n) is 6.44. The second kappa shape index (κ2) is 10.2. The number of amides is 1. The first-order valence-electron chi connectivity index (χ1n) is 11.0. The van der Waals surface area contributed by atoms with Crippen LogP contribution in [-0.2, 0) is 17.8 Å². The molecule has 8 heteroatoms. The van der Waals surface area contributed by atoms with E-state index >= 15 is 0 Å². The zero-order valence-electron chi connectivity index (χ0n) is 17.6. The summed E-state index contributed by atoms with van der Waals surface area (Å²) >= 11 is 12.3. The van der Waals surface area contributed by atoms with Gasteiger partial charge in [0.05, 0.1) is 0 Å². The molecular formula is C23H29Cl2N5O. The quantitative estimate of drug-likeness (QED) is 0.726. The van der Waals surface area contributed by atoms with Crippen LogP contribution in [0.5, 0.6) is 0 Å². The SMILES string of the molecule is Nc1ncc(CN2CCC(C(=O)N3CCC(Cc4cc(Cl)cc(Cl)c4)CC3)CC2)cn1. The lowest BCUT2D eigenvalue weighted by Gasteiger charge is -2.37. The van der Waals surface area contributed by atoms with Gasteiger partial charge in [-0.1, -0.05) is 23.2 Å². The molecule has 166 valence electrons. The molecule has 0 bridgehead atoms. The van der Waals surface area contributed by atoms with Gasteiger partial charge in [-0.3, -0.25) is 9.69 Å². The number of aromatic nitrogens is 2. The Morgan fingerprint density at radius 3 is 2.16 bits per heavy atom. The molecule has 0 saturated carbocycles. The van der Waals surface area contributed by atoms with Crippen molar-refractivity contribution in [3.05, 3.63) is 51.8 Å². The largest absolute Gasteiger partial charge is 0.368 e. The Balaban J connectivity index is 1.21. The van der Waals surface area contributed by atoms with Crippen LogP contribution in [0.4, 0.5) is 5.95 Å².